The van der Waals surface area contributed by atoms with Crippen molar-refractivity contribution in [1.82, 2.24) is 30.1 Å². The maximum Gasteiger partial charge on any atom is 0.270 e. The first-order valence-electron chi connectivity index (χ1n) is 8.22. The molecule has 130 valence electrons. The van der Waals surface area contributed by atoms with Gasteiger partial charge < -0.3 is 9.84 Å². The van der Waals surface area contributed by atoms with E-state index in [9.17, 15) is 4.79 Å². The van der Waals surface area contributed by atoms with E-state index in [0.717, 1.165) is 5.56 Å². The number of amides is 1. The Hall–Kier alpha value is -3.55. The third kappa shape index (κ3) is 3.44. The molecule has 0 unspecified atom stereocenters. The van der Waals surface area contributed by atoms with Gasteiger partial charge in [0, 0.05) is 19.4 Å². The number of fused-ring (bicyclic) bond motifs is 1. The van der Waals surface area contributed by atoms with Crippen LogP contribution in [0.15, 0.2) is 59.4 Å². The number of carbonyl (C=O) groups is 1. The second kappa shape index (κ2) is 7.14. The largest absolute Gasteiger partial charge is 0.350 e. The van der Waals surface area contributed by atoms with Crippen LogP contribution >= 0.6 is 0 Å². The predicted molar refractivity (Wildman–Crippen MR) is 92.6 cm³/mol. The molecule has 26 heavy (non-hydrogen) atoms. The van der Waals surface area contributed by atoms with Crippen molar-refractivity contribution < 1.29 is 9.32 Å². The number of rotatable bonds is 6. The molecule has 0 aliphatic carbocycles. The summed E-state index contributed by atoms with van der Waals surface area (Å²) in [5.74, 6) is 0.894. The summed E-state index contributed by atoms with van der Waals surface area (Å²) in [5, 5.41) is 10.9. The van der Waals surface area contributed by atoms with E-state index in [0.29, 0.717) is 42.4 Å². The van der Waals surface area contributed by atoms with Crippen LogP contribution in [0.25, 0.3) is 5.65 Å². The van der Waals surface area contributed by atoms with Crippen molar-refractivity contribution in [3.63, 3.8) is 0 Å². The summed E-state index contributed by atoms with van der Waals surface area (Å²) >= 11 is 0. The Morgan fingerprint density at radius 2 is 2.00 bits per heavy atom. The van der Waals surface area contributed by atoms with Crippen molar-refractivity contribution in [2.75, 3.05) is 6.54 Å². The number of carbonyl (C=O) groups excluding carboxylic acids is 1. The SMILES string of the molecule is O=C(NCCc1nc(Cc2ccccc2)no1)c1cccc2ncnn12. The van der Waals surface area contributed by atoms with Gasteiger partial charge in [-0.1, -0.05) is 41.6 Å². The number of benzene rings is 1. The van der Waals surface area contributed by atoms with Gasteiger partial charge in [0.15, 0.2) is 11.5 Å². The average Bonchev–Trinajstić information content (AvgIpc) is 3.31. The summed E-state index contributed by atoms with van der Waals surface area (Å²) in [5.41, 5.74) is 2.17. The van der Waals surface area contributed by atoms with Crippen molar-refractivity contribution in [2.45, 2.75) is 12.8 Å². The van der Waals surface area contributed by atoms with Crippen molar-refractivity contribution in [1.29, 1.82) is 0 Å². The Morgan fingerprint density at radius 1 is 1.12 bits per heavy atom. The average molecular weight is 348 g/mol. The summed E-state index contributed by atoms with van der Waals surface area (Å²) < 4.78 is 6.74. The topological polar surface area (TPSA) is 98.2 Å². The Labute approximate surface area is 148 Å². The van der Waals surface area contributed by atoms with Crippen LogP contribution in [0.1, 0.15) is 27.8 Å². The highest BCUT2D eigenvalue weighted by Gasteiger charge is 2.12. The molecule has 0 fully saturated rings. The lowest BCUT2D eigenvalue weighted by molar-refractivity contribution is 0.0946. The monoisotopic (exact) mass is 348 g/mol. The van der Waals surface area contributed by atoms with Crippen LogP contribution < -0.4 is 5.32 Å². The summed E-state index contributed by atoms with van der Waals surface area (Å²) in [4.78, 5) is 20.8. The minimum Gasteiger partial charge on any atom is -0.350 e. The maximum absolute atomic E-state index is 12.3. The first kappa shape index (κ1) is 15.9. The second-order valence-electron chi connectivity index (χ2n) is 5.71. The normalized spacial score (nSPS) is 10.9. The molecule has 1 N–H and O–H groups in total. The van der Waals surface area contributed by atoms with Crippen molar-refractivity contribution in [2.24, 2.45) is 0 Å². The quantitative estimate of drug-likeness (QED) is 0.569. The number of nitrogens with zero attached hydrogens (tertiary/aromatic N) is 5. The molecular formula is C18H16N6O2. The van der Waals surface area contributed by atoms with E-state index in [1.807, 2.05) is 30.3 Å². The van der Waals surface area contributed by atoms with Crippen molar-refractivity contribution in [3.8, 4) is 0 Å². The number of nitrogens with one attached hydrogen (secondary N) is 1. The molecule has 8 heteroatoms. The Morgan fingerprint density at radius 3 is 2.88 bits per heavy atom. The molecule has 0 aliphatic heterocycles. The highest BCUT2D eigenvalue weighted by molar-refractivity contribution is 5.93. The lowest BCUT2D eigenvalue weighted by Crippen LogP contribution is -2.27. The highest BCUT2D eigenvalue weighted by atomic mass is 16.5. The van der Waals surface area contributed by atoms with Crippen molar-refractivity contribution in [3.05, 3.63) is 77.8 Å². The second-order valence-corrected chi connectivity index (χ2v) is 5.71. The van der Waals surface area contributed by atoms with E-state index in [4.69, 9.17) is 4.52 Å². The molecule has 0 atom stereocenters. The van der Waals surface area contributed by atoms with Gasteiger partial charge in [-0.25, -0.2) is 9.50 Å². The molecule has 8 nitrogen and oxygen atoms in total. The highest BCUT2D eigenvalue weighted by Crippen LogP contribution is 2.07. The molecule has 4 rings (SSSR count). The summed E-state index contributed by atoms with van der Waals surface area (Å²) in [6.45, 7) is 0.386. The van der Waals surface area contributed by atoms with Gasteiger partial charge in [-0.3, -0.25) is 4.79 Å². The molecule has 0 bridgehead atoms. The lowest BCUT2D eigenvalue weighted by Gasteiger charge is -2.04. The zero-order valence-electron chi connectivity index (χ0n) is 13.9. The van der Waals surface area contributed by atoms with E-state index in [2.05, 4.69) is 25.5 Å². The molecule has 0 radical (unpaired) electrons. The molecule has 1 aromatic carbocycles. The standard InChI is InChI=1S/C18H16N6O2/c25-18(14-7-4-8-16-20-12-21-24(14)16)19-10-9-17-22-15(23-26-17)11-13-5-2-1-3-6-13/h1-8,12H,9-11H2,(H,19,25). The van der Waals surface area contributed by atoms with Crippen LogP contribution in [0.2, 0.25) is 0 Å². The van der Waals surface area contributed by atoms with Crippen molar-refractivity contribution >= 4 is 11.6 Å². The van der Waals surface area contributed by atoms with E-state index in [-0.39, 0.29) is 5.91 Å². The molecule has 0 saturated carbocycles. The molecule has 0 aliphatic rings. The predicted octanol–water partition coefficient (Wildman–Crippen LogP) is 1.68. The fraction of sp³-hybridized carbons (Fsp3) is 0.167. The minimum atomic E-state index is -0.231. The molecule has 0 saturated heterocycles. The van der Waals surface area contributed by atoms with E-state index < -0.39 is 0 Å². The number of pyridine rings is 1. The molecule has 4 aromatic rings. The van der Waals surface area contributed by atoms with Crippen LogP contribution in [0.5, 0.6) is 0 Å². The van der Waals surface area contributed by atoms with Gasteiger partial charge in [0.1, 0.15) is 12.0 Å². The summed E-state index contributed by atoms with van der Waals surface area (Å²) in [7, 11) is 0. The van der Waals surface area contributed by atoms with Crippen LogP contribution in [-0.4, -0.2) is 37.2 Å². The van der Waals surface area contributed by atoms with Gasteiger partial charge >= 0.3 is 0 Å². The van der Waals surface area contributed by atoms with E-state index in [1.165, 1.54) is 10.8 Å². The summed E-state index contributed by atoms with van der Waals surface area (Å²) in [6.07, 6.45) is 2.49. The summed E-state index contributed by atoms with van der Waals surface area (Å²) in [6, 6.07) is 15.2. The maximum atomic E-state index is 12.3. The van der Waals surface area contributed by atoms with Gasteiger partial charge in [-0.2, -0.15) is 10.1 Å². The van der Waals surface area contributed by atoms with E-state index >= 15 is 0 Å². The lowest BCUT2D eigenvalue weighted by atomic mass is 10.1. The first-order chi connectivity index (χ1) is 12.8. The van der Waals surface area contributed by atoms with Crippen LogP contribution in [-0.2, 0) is 12.8 Å². The molecule has 0 spiro atoms. The van der Waals surface area contributed by atoms with Crippen LogP contribution in [0.3, 0.4) is 0 Å². The van der Waals surface area contributed by atoms with Gasteiger partial charge in [-0.05, 0) is 17.7 Å². The van der Waals surface area contributed by atoms with Gasteiger partial charge in [0.05, 0.1) is 0 Å². The molecule has 3 aromatic heterocycles. The first-order valence-corrected chi connectivity index (χ1v) is 8.22. The number of hydrogen-bond acceptors (Lipinski definition) is 6. The zero-order chi connectivity index (χ0) is 17.8. The zero-order valence-corrected chi connectivity index (χ0v) is 13.9. The number of hydrogen-bond donors (Lipinski definition) is 1. The third-order valence-corrected chi connectivity index (χ3v) is 3.87. The van der Waals surface area contributed by atoms with Gasteiger partial charge in [0.2, 0.25) is 5.89 Å². The van der Waals surface area contributed by atoms with Crippen LogP contribution in [0.4, 0.5) is 0 Å². The van der Waals surface area contributed by atoms with Gasteiger partial charge in [0.25, 0.3) is 5.91 Å². The molecule has 1 amide bonds. The smallest absolute Gasteiger partial charge is 0.270 e. The Balaban J connectivity index is 1.33. The fourth-order valence-electron chi connectivity index (χ4n) is 2.63. The third-order valence-electron chi connectivity index (χ3n) is 3.87. The Bertz CT molecular complexity index is 1020. The Kier molecular flexibility index (Phi) is 4.38. The fourth-order valence-corrected chi connectivity index (χ4v) is 2.63. The van der Waals surface area contributed by atoms with Gasteiger partial charge in [-0.15, -0.1) is 0 Å². The van der Waals surface area contributed by atoms with E-state index in [1.54, 1.807) is 18.2 Å². The molecular weight excluding hydrogens is 332 g/mol. The van der Waals surface area contributed by atoms with Crippen LogP contribution in [0, 0.1) is 0 Å². The number of aromatic nitrogens is 5. The minimum absolute atomic E-state index is 0.231. The molecule has 3 heterocycles.